The van der Waals surface area contributed by atoms with E-state index in [1.807, 2.05) is 26.8 Å². The molecule has 3 heteroatoms. The molecule has 3 nitrogen and oxygen atoms in total. The summed E-state index contributed by atoms with van der Waals surface area (Å²) in [5.41, 5.74) is 3.25. The molecule has 2 N–H and O–H groups in total. The van der Waals surface area contributed by atoms with Crippen molar-refractivity contribution in [2.24, 2.45) is 0 Å². The summed E-state index contributed by atoms with van der Waals surface area (Å²) in [4.78, 5) is 12.0. The van der Waals surface area contributed by atoms with Gasteiger partial charge in [-0.05, 0) is 69.8 Å². The van der Waals surface area contributed by atoms with Crippen LogP contribution in [0.1, 0.15) is 54.1 Å². The fourth-order valence-corrected chi connectivity index (χ4v) is 2.69. The van der Waals surface area contributed by atoms with Gasteiger partial charge in [-0.15, -0.1) is 0 Å². The summed E-state index contributed by atoms with van der Waals surface area (Å²) in [5.74, 6) is 0.673. The molecule has 0 radical (unpaired) electrons. The number of hydrogen-bond donors (Lipinski definition) is 2. The Morgan fingerprint density at radius 1 is 1.32 bits per heavy atom. The second-order valence-corrected chi connectivity index (χ2v) is 5.73. The molecule has 19 heavy (non-hydrogen) atoms. The number of nitrogens with one attached hydrogen (secondary N) is 2. The predicted octanol–water partition coefficient (Wildman–Crippen LogP) is 2.60. The standard InChI is InChI=1S/C16H24N2O/c1-11(2)18-16(19)15-5-4-14(10-12(15)3)13-6-8-17-9-7-13/h4-5,10-11,13,17H,6-9H2,1-3H3,(H,18,19). The van der Waals surface area contributed by atoms with Gasteiger partial charge in [0.2, 0.25) is 0 Å². The fraction of sp³-hybridized carbons (Fsp3) is 0.562. The normalized spacial score (nSPS) is 16.6. The Kier molecular flexibility index (Phi) is 4.59. The van der Waals surface area contributed by atoms with Crippen LogP contribution < -0.4 is 10.6 Å². The molecular weight excluding hydrogens is 236 g/mol. The van der Waals surface area contributed by atoms with Crippen LogP contribution in [-0.4, -0.2) is 25.0 Å². The number of benzene rings is 1. The molecule has 1 heterocycles. The number of rotatable bonds is 3. The zero-order chi connectivity index (χ0) is 13.8. The minimum atomic E-state index is 0.0318. The van der Waals surface area contributed by atoms with Crippen molar-refractivity contribution in [3.63, 3.8) is 0 Å². The minimum absolute atomic E-state index is 0.0318. The minimum Gasteiger partial charge on any atom is -0.350 e. The predicted molar refractivity (Wildman–Crippen MR) is 78.6 cm³/mol. The molecular formula is C16H24N2O. The Balaban J connectivity index is 2.14. The monoisotopic (exact) mass is 260 g/mol. The summed E-state index contributed by atoms with van der Waals surface area (Å²) < 4.78 is 0. The lowest BCUT2D eigenvalue weighted by Gasteiger charge is -2.23. The number of hydrogen-bond acceptors (Lipinski definition) is 2. The first-order chi connectivity index (χ1) is 9.08. The maximum atomic E-state index is 12.0. The first kappa shape index (κ1) is 14.1. The van der Waals surface area contributed by atoms with E-state index < -0.39 is 0 Å². The van der Waals surface area contributed by atoms with Crippen LogP contribution in [0.3, 0.4) is 0 Å². The lowest BCUT2D eigenvalue weighted by atomic mass is 9.88. The van der Waals surface area contributed by atoms with Gasteiger partial charge in [-0.2, -0.15) is 0 Å². The molecule has 1 aromatic carbocycles. The highest BCUT2D eigenvalue weighted by Crippen LogP contribution is 2.26. The van der Waals surface area contributed by atoms with Crippen LogP contribution in [0.2, 0.25) is 0 Å². The molecule has 2 rings (SSSR count). The van der Waals surface area contributed by atoms with Crippen LogP contribution in [0, 0.1) is 6.92 Å². The van der Waals surface area contributed by atoms with E-state index in [0.717, 1.165) is 24.2 Å². The summed E-state index contributed by atoms with van der Waals surface area (Å²) >= 11 is 0. The van der Waals surface area contributed by atoms with Crippen molar-refractivity contribution < 1.29 is 4.79 Å². The van der Waals surface area contributed by atoms with Crippen molar-refractivity contribution in [2.45, 2.75) is 45.6 Å². The third-order valence-electron chi connectivity index (χ3n) is 3.73. The maximum absolute atomic E-state index is 12.0. The van der Waals surface area contributed by atoms with Crippen LogP contribution >= 0.6 is 0 Å². The largest absolute Gasteiger partial charge is 0.350 e. The summed E-state index contributed by atoms with van der Waals surface area (Å²) in [6.07, 6.45) is 2.38. The highest BCUT2D eigenvalue weighted by atomic mass is 16.1. The zero-order valence-corrected chi connectivity index (χ0v) is 12.1. The van der Waals surface area contributed by atoms with Gasteiger partial charge in [-0.3, -0.25) is 4.79 Å². The third-order valence-corrected chi connectivity index (χ3v) is 3.73. The second-order valence-electron chi connectivity index (χ2n) is 5.73. The quantitative estimate of drug-likeness (QED) is 0.877. The molecule has 0 spiro atoms. The van der Waals surface area contributed by atoms with Crippen LogP contribution in [0.15, 0.2) is 18.2 Å². The van der Waals surface area contributed by atoms with Gasteiger partial charge in [0.25, 0.3) is 5.91 Å². The van der Waals surface area contributed by atoms with Crippen molar-refractivity contribution in [3.8, 4) is 0 Å². The van der Waals surface area contributed by atoms with Crippen molar-refractivity contribution in [2.75, 3.05) is 13.1 Å². The van der Waals surface area contributed by atoms with Gasteiger partial charge in [0.15, 0.2) is 0 Å². The van der Waals surface area contributed by atoms with E-state index in [1.54, 1.807) is 0 Å². The molecule has 1 aliphatic rings. The zero-order valence-electron chi connectivity index (χ0n) is 12.1. The molecule has 1 saturated heterocycles. The Labute approximate surface area is 115 Å². The van der Waals surface area contributed by atoms with Gasteiger partial charge in [-0.25, -0.2) is 0 Å². The summed E-state index contributed by atoms with van der Waals surface area (Å²) in [6.45, 7) is 8.19. The average Bonchev–Trinajstić information content (AvgIpc) is 2.38. The fourth-order valence-electron chi connectivity index (χ4n) is 2.69. The molecule has 0 saturated carbocycles. The average molecular weight is 260 g/mol. The molecule has 1 aliphatic heterocycles. The molecule has 0 bridgehead atoms. The van der Waals surface area contributed by atoms with E-state index in [1.165, 1.54) is 18.4 Å². The molecule has 0 aromatic heterocycles. The SMILES string of the molecule is Cc1cc(C2CCNCC2)ccc1C(=O)NC(C)C. The van der Waals surface area contributed by atoms with Gasteiger partial charge in [0.05, 0.1) is 0 Å². The van der Waals surface area contributed by atoms with Crippen LogP contribution in [-0.2, 0) is 0 Å². The Hall–Kier alpha value is -1.35. The Morgan fingerprint density at radius 3 is 2.58 bits per heavy atom. The number of carbonyl (C=O) groups is 1. The smallest absolute Gasteiger partial charge is 0.251 e. The number of amides is 1. The maximum Gasteiger partial charge on any atom is 0.251 e. The van der Waals surface area contributed by atoms with Crippen molar-refractivity contribution in [1.29, 1.82) is 0 Å². The van der Waals surface area contributed by atoms with E-state index in [0.29, 0.717) is 5.92 Å². The van der Waals surface area contributed by atoms with Crippen molar-refractivity contribution >= 4 is 5.91 Å². The second kappa shape index (κ2) is 6.20. The molecule has 1 aromatic rings. The first-order valence-electron chi connectivity index (χ1n) is 7.20. The van der Waals surface area contributed by atoms with Crippen molar-refractivity contribution in [3.05, 3.63) is 34.9 Å². The Morgan fingerprint density at radius 2 is 2.00 bits per heavy atom. The number of carbonyl (C=O) groups excluding carboxylic acids is 1. The van der Waals surface area contributed by atoms with E-state index >= 15 is 0 Å². The molecule has 0 aliphatic carbocycles. The molecule has 1 amide bonds. The number of aryl methyl sites for hydroxylation is 1. The van der Waals surface area contributed by atoms with Gasteiger partial charge < -0.3 is 10.6 Å². The lowest BCUT2D eigenvalue weighted by Crippen LogP contribution is -2.30. The lowest BCUT2D eigenvalue weighted by molar-refractivity contribution is 0.0942. The molecule has 0 unspecified atom stereocenters. The molecule has 1 fully saturated rings. The van der Waals surface area contributed by atoms with E-state index in [2.05, 4.69) is 22.8 Å². The van der Waals surface area contributed by atoms with E-state index in [4.69, 9.17) is 0 Å². The highest BCUT2D eigenvalue weighted by Gasteiger charge is 2.17. The topological polar surface area (TPSA) is 41.1 Å². The third kappa shape index (κ3) is 3.57. The first-order valence-corrected chi connectivity index (χ1v) is 7.20. The van der Waals surface area contributed by atoms with Gasteiger partial charge in [0.1, 0.15) is 0 Å². The molecule has 104 valence electrons. The van der Waals surface area contributed by atoms with Crippen LogP contribution in [0.5, 0.6) is 0 Å². The van der Waals surface area contributed by atoms with Crippen LogP contribution in [0.25, 0.3) is 0 Å². The van der Waals surface area contributed by atoms with Gasteiger partial charge in [-0.1, -0.05) is 12.1 Å². The number of piperidine rings is 1. The van der Waals surface area contributed by atoms with Crippen molar-refractivity contribution in [1.82, 2.24) is 10.6 Å². The summed E-state index contributed by atoms with van der Waals surface area (Å²) in [5, 5.41) is 6.34. The van der Waals surface area contributed by atoms with Crippen LogP contribution in [0.4, 0.5) is 0 Å². The van der Waals surface area contributed by atoms with Gasteiger partial charge >= 0.3 is 0 Å². The van der Waals surface area contributed by atoms with E-state index in [-0.39, 0.29) is 11.9 Å². The Bertz CT molecular complexity index is 448. The highest BCUT2D eigenvalue weighted by molar-refractivity contribution is 5.95. The summed E-state index contributed by atoms with van der Waals surface area (Å²) in [7, 11) is 0. The molecule has 0 atom stereocenters. The van der Waals surface area contributed by atoms with E-state index in [9.17, 15) is 4.79 Å². The van der Waals surface area contributed by atoms with Gasteiger partial charge in [0, 0.05) is 11.6 Å². The summed E-state index contributed by atoms with van der Waals surface area (Å²) in [6, 6.07) is 6.46.